The van der Waals surface area contributed by atoms with Gasteiger partial charge in [0.05, 0.1) is 0 Å². The fourth-order valence-corrected chi connectivity index (χ4v) is 4.73. The van der Waals surface area contributed by atoms with Gasteiger partial charge in [0.25, 0.3) is 0 Å². The lowest BCUT2D eigenvalue weighted by Crippen LogP contribution is -2.61. The Balaban J connectivity index is 1.64. The molecule has 1 fully saturated rings. The normalized spacial score (nSPS) is 23.1. The number of allylic oxidation sites excluding steroid dienone is 1. The largest absolute Gasteiger partial charge is 0.492 e. The second kappa shape index (κ2) is 13.8. The number of hydrogen-bond acceptors (Lipinski definition) is 8. The molecular weight excluding hydrogens is 526 g/mol. The van der Waals surface area contributed by atoms with Crippen LogP contribution < -0.4 is 9.47 Å². The second-order valence-electron chi connectivity index (χ2n) is 10.1. The predicted octanol–water partition coefficient (Wildman–Crippen LogP) is 3.27. The standard InChI is InChI=1S/C32H37NO8/c1-4-25(20-8-6-5-7-9-20)26(21-10-14-23(15-11-21)39-19-18-33(2)3)22-12-16-24(17-13-22)40-32-29(36)27(34)28(35)30(41-32)31(37)38/h5-17,27-30,32,34-36H,4,18-19H2,1-3H3,(H,37,38)/b26-25+/t27?,28-,29?,30-,32+/m0/s1. The number of likely N-dealkylation sites (N-methyl/N-ethyl adjacent to an activating group) is 1. The van der Waals surface area contributed by atoms with Crippen LogP contribution in [-0.4, -0.2) is 89.2 Å². The maximum Gasteiger partial charge on any atom is 0.335 e. The number of carboxylic acids is 1. The van der Waals surface area contributed by atoms with E-state index >= 15 is 0 Å². The van der Waals surface area contributed by atoms with E-state index in [0.29, 0.717) is 12.4 Å². The second-order valence-corrected chi connectivity index (χ2v) is 10.1. The van der Waals surface area contributed by atoms with Crippen LogP contribution in [0.4, 0.5) is 0 Å². The van der Waals surface area contributed by atoms with Crippen LogP contribution in [0, 0.1) is 0 Å². The Hall–Kier alpha value is -3.73. The fraction of sp³-hybridized carbons (Fsp3) is 0.344. The molecule has 0 amide bonds. The van der Waals surface area contributed by atoms with Crippen LogP contribution in [0.15, 0.2) is 78.9 Å². The molecule has 1 aliphatic heterocycles. The van der Waals surface area contributed by atoms with Crippen molar-refractivity contribution < 1.29 is 39.4 Å². The van der Waals surface area contributed by atoms with Crippen molar-refractivity contribution >= 4 is 17.1 Å². The molecule has 1 saturated heterocycles. The third-order valence-corrected chi connectivity index (χ3v) is 6.94. The van der Waals surface area contributed by atoms with Crippen LogP contribution >= 0.6 is 0 Å². The van der Waals surface area contributed by atoms with Crippen molar-refractivity contribution in [1.29, 1.82) is 0 Å². The van der Waals surface area contributed by atoms with E-state index in [1.165, 1.54) is 0 Å². The van der Waals surface area contributed by atoms with Gasteiger partial charge in [0.15, 0.2) is 6.10 Å². The van der Waals surface area contributed by atoms with E-state index < -0.39 is 36.7 Å². The summed E-state index contributed by atoms with van der Waals surface area (Å²) in [6.07, 6.45) is -7.61. The van der Waals surface area contributed by atoms with Crippen LogP contribution in [0.5, 0.6) is 11.5 Å². The van der Waals surface area contributed by atoms with Crippen LogP contribution in [0.2, 0.25) is 0 Å². The first-order valence-electron chi connectivity index (χ1n) is 13.6. The highest BCUT2D eigenvalue weighted by Gasteiger charge is 2.48. The molecule has 1 heterocycles. The molecule has 4 N–H and O–H groups in total. The summed E-state index contributed by atoms with van der Waals surface area (Å²) in [6.45, 7) is 3.51. The molecule has 0 bridgehead atoms. The number of hydrogen-bond donors (Lipinski definition) is 4. The molecule has 1 aliphatic rings. The van der Waals surface area contributed by atoms with E-state index in [2.05, 4.69) is 24.0 Å². The van der Waals surface area contributed by atoms with Gasteiger partial charge in [0.2, 0.25) is 6.29 Å². The Bertz CT molecular complexity index is 1310. The summed E-state index contributed by atoms with van der Waals surface area (Å²) in [7, 11) is 4.00. The molecule has 0 aliphatic carbocycles. The number of benzene rings is 3. The molecule has 2 unspecified atom stereocenters. The smallest absolute Gasteiger partial charge is 0.335 e. The average Bonchev–Trinajstić information content (AvgIpc) is 2.97. The highest BCUT2D eigenvalue weighted by atomic mass is 16.7. The molecule has 3 aromatic rings. The maximum absolute atomic E-state index is 11.4. The highest BCUT2D eigenvalue weighted by molar-refractivity contribution is 5.98. The Morgan fingerprint density at radius 2 is 1.39 bits per heavy atom. The Morgan fingerprint density at radius 1 is 0.805 bits per heavy atom. The summed E-state index contributed by atoms with van der Waals surface area (Å²) in [6, 6.07) is 25.3. The summed E-state index contributed by atoms with van der Waals surface area (Å²) in [4.78, 5) is 13.5. The Labute approximate surface area is 239 Å². The molecule has 218 valence electrons. The lowest BCUT2D eigenvalue weighted by molar-refractivity contribution is -0.271. The van der Waals surface area contributed by atoms with E-state index in [-0.39, 0.29) is 0 Å². The minimum absolute atomic E-state index is 0.298. The Kier molecular flexibility index (Phi) is 10.1. The third kappa shape index (κ3) is 7.32. The Morgan fingerprint density at radius 3 is 1.93 bits per heavy atom. The predicted molar refractivity (Wildman–Crippen MR) is 155 cm³/mol. The molecule has 9 heteroatoms. The molecule has 3 aromatic carbocycles. The van der Waals surface area contributed by atoms with Crippen molar-refractivity contribution in [1.82, 2.24) is 4.90 Å². The quantitative estimate of drug-likeness (QED) is 0.260. The fourth-order valence-electron chi connectivity index (χ4n) is 4.73. The van der Waals surface area contributed by atoms with Gasteiger partial charge in [0.1, 0.15) is 36.4 Å². The zero-order chi connectivity index (χ0) is 29.5. The van der Waals surface area contributed by atoms with Crippen molar-refractivity contribution in [3.05, 3.63) is 95.6 Å². The monoisotopic (exact) mass is 563 g/mol. The molecule has 0 aromatic heterocycles. The van der Waals surface area contributed by atoms with Gasteiger partial charge in [-0.2, -0.15) is 0 Å². The van der Waals surface area contributed by atoms with Gasteiger partial charge in [-0.1, -0.05) is 61.5 Å². The molecule has 0 radical (unpaired) electrons. The van der Waals surface area contributed by atoms with Crippen LogP contribution in [0.1, 0.15) is 30.0 Å². The van der Waals surface area contributed by atoms with Gasteiger partial charge >= 0.3 is 5.97 Å². The van der Waals surface area contributed by atoms with Gasteiger partial charge in [-0.3, -0.25) is 0 Å². The average molecular weight is 564 g/mol. The van der Waals surface area contributed by atoms with Gasteiger partial charge in [0, 0.05) is 6.54 Å². The summed E-state index contributed by atoms with van der Waals surface area (Å²) in [5.41, 5.74) is 5.20. The number of rotatable bonds is 11. The van der Waals surface area contributed by atoms with Gasteiger partial charge in [-0.15, -0.1) is 0 Å². The molecule has 9 nitrogen and oxygen atoms in total. The van der Waals surface area contributed by atoms with E-state index in [9.17, 15) is 25.2 Å². The summed E-state index contributed by atoms with van der Waals surface area (Å²) >= 11 is 0. The first-order valence-corrected chi connectivity index (χ1v) is 13.6. The number of aliphatic hydroxyl groups excluding tert-OH is 3. The lowest BCUT2D eigenvalue weighted by Gasteiger charge is -2.38. The van der Waals surface area contributed by atoms with Crippen LogP contribution in [-0.2, 0) is 9.53 Å². The SMILES string of the molecule is CC/C(=C(/c1ccc(OCCN(C)C)cc1)c1ccc(O[C@@H]2O[C@H](C(=O)O)[C@@H](O)C(O)C2O)cc1)c1ccccc1. The molecular formula is C32H37NO8. The summed E-state index contributed by atoms with van der Waals surface area (Å²) in [5.74, 6) is -0.383. The van der Waals surface area contributed by atoms with E-state index in [1.807, 2.05) is 68.7 Å². The minimum atomic E-state index is -1.78. The van der Waals surface area contributed by atoms with Crippen molar-refractivity contribution in [2.45, 2.75) is 44.1 Å². The van der Waals surface area contributed by atoms with E-state index in [1.54, 1.807) is 12.1 Å². The van der Waals surface area contributed by atoms with Crippen molar-refractivity contribution in [2.24, 2.45) is 0 Å². The topological polar surface area (TPSA) is 129 Å². The minimum Gasteiger partial charge on any atom is -0.492 e. The summed E-state index contributed by atoms with van der Waals surface area (Å²) < 4.78 is 16.8. The maximum atomic E-state index is 11.4. The number of nitrogens with zero attached hydrogens (tertiary/aromatic N) is 1. The lowest BCUT2D eigenvalue weighted by atomic mass is 9.88. The zero-order valence-electron chi connectivity index (χ0n) is 23.4. The number of aliphatic hydroxyl groups is 3. The first-order chi connectivity index (χ1) is 19.7. The van der Waals surface area contributed by atoms with Crippen LogP contribution in [0.3, 0.4) is 0 Å². The molecule has 41 heavy (non-hydrogen) atoms. The summed E-state index contributed by atoms with van der Waals surface area (Å²) in [5, 5.41) is 39.7. The van der Waals surface area contributed by atoms with E-state index in [0.717, 1.165) is 46.6 Å². The number of ether oxygens (including phenoxy) is 3. The molecule has 4 rings (SSSR count). The van der Waals surface area contributed by atoms with Crippen molar-refractivity contribution in [2.75, 3.05) is 27.2 Å². The molecule has 0 spiro atoms. The molecule has 0 saturated carbocycles. The van der Waals surface area contributed by atoms with Crippen molar-refractivity contribution in [3.8, 4) is 11.5 Å². The van der Waals surface area contributed by atoms with Gasteiger partial charge in [-0.25, -0.2) is 4.79 Å². The molecule has 5 atom stereocenters. The zero-order valence-corrected chi connectivity index (χ0v) is 23.4. The van der Waals surface area contributed by atoms with E-state index in [4.69, 9.17) is 14.2 Å². The van der Waals surface area contributed by atoms with Gasteiger partial charge in [-0.05, 0) is 72.6 Å². The first kappa shape index (κ1) is 30.2. The number of aliphatic carboxylic acids is 1. The highest BCUT2D eigenvalue weighted by Crippen LogP contribution is 2.36. The van der Waals surface area contributed by atoms with Gasteiger partial charge < -0.3 is 39.5 Å². The number of carboxylic acid groups (broad SMARTS) is 1. The van der Waals surface area contributed by atoms with Crippen molar-refractivity contribution in [3.63, 3.8) is 0 Å². The van der Waals surface area contributed by atoms with Crippen LogP contribution in [0.25, 0.3) is 11.1 Å². The third-order valence-electron chi connectivity index (χ3n) is 6.94. The number of carbonyl (C=O) groups is 1.